The summed E-state index contributed by atoms with van der Waals surface area (Å²) in [6.45, 7) is 3.14. The molecular formula is C14H15BrN2O2. The Balaban J connectivity index is 2.07. The van der Waals surface area contributed by atoms with Crippen LogP contribution < -0.4 is 10.1 Å². The maximum atomic E-state index is 9.45. The SMILES string of the molecule is CCOc1ncccc1NCc1ccc(O)c(Br)c1. The molecule has 0 atom stereocenters. The summed E-state index contributed by atoms with van der Waals surface area (Å²) in [5.74, 6) is 0.836. The third-order valence-corrected chi connectivity index (χ3v) is 3.18. The zero-order valence-electron chi connectivity index (χ0n) is 10.6. The molecular weight excluding hydrogens is 308 g/mol. The van der Waals surface area contributed by atoms with Crippen molar-refractivity contribution in [2.75, 3.05) is 11.9 Å². The lowest BCUT2D eigenvalue weighted by Crippen LogP contribution is -2.03. The second kappa shape index (κ2) is 6.43. The molecule has 0 radical (unpaired) electrons. The highest BCUT2D eigenvalue weighted by molar-refractivity contribution is 9.10. The largest absolute Gasteiger partial charge is 0.507 e. The molecule has 2 N–H and O–H groups in total. The summed E-state index contributed by atoms with van der Waals surface area (Å²) in [5, 5.41) is 12.7. The summed E-state index contributed by atoms with van der Waals surface area (Å²) in [6, 6.07) is 9.18. The molecule has 0 saturated heterocycles. The molecule has 2 rings (SSSR count). The van der Waals surface area contributed by atoms with Crippen molar-refractivity contribution in [3.05, 3.63) is 46.6 Å². The predicted octanol–water partition coefficient (Wildman–Crippen LogP) is 3.56. The molecule has 19 heavy (non-hydrogen) atoms. The van der Waals surface area contributed by atoms with Crippen molar-refractivity contribution in [1.29, 1.82) is 0 Å². The van der Waals surface area contributed by atoms with Gasteiger partial charge >= 0.3 is 0 Å². The summed E-state index contributed by atoms with van der Waals surface area (Å²) >= 11 is 3.30. The summed E-state index contributed by atoms with van der Waals surface area (Å²) in [4.78, 5) is 4.18. The monoisotopic (exact) mass is 322 g/mol. The first-order valence-corrected chi connectivity index (χ1v) is 6.79. The Bertz CT molecular complexity index is 561. The molecule has 0 unspecified atom stereocenters. The first-order valence-electron chi connectivity index (χ1n) is 5.99. The first kappa shape index (κ1) is 13.7. The lowest BCUT2D eigenvalue weighted by molar-refractivity contribution is 0.328. The Labute approximate surface area is 120 Å². The maximum absolute atomic E-state index is 9.45. The van der Waals surface area contributed by atoms with Crippen molar-refractivity contribution in [3.63, 3.8) is 0 Å². The second-order valence-corrected chi connectivity index (χ2v) is 4.78. The molecule has 0 amide bonds. The molecule has 0 aliphatic heterocycles. The molecule has 0 fully saturated rings. The maximum Gasteiger partial charge on any atom is 0.237 e. The van der Waals surface area contributed by atoms with Gasteiger partial charge < -0.3 is 15.2 Å². The van der Waals surface area contributed by atoms with E-state index in [0.717, 1.165) is 11.3 Å². The lowest BCUT2D eigenvalue weighted by Gasteiger charge is -2.11. The molecule has 1 heterocycles. The van der Waals surface area contributed by atoms with Gasteiger partial charge in [-0.25, -0.2) is 4.98 Å². The zero-order valence-corrected chi connectivity index (χ0v) is 12.1. The van der Waals surface area contributed by atoms with Crippen molar-refractivity contribution in [1.82, 2.24) is 4.98 Å². The highest BCUT2D eigenvalue weighted by atomic mass is 79.9. The van der Waals surface area contributed by atoms with E-state index in [1.165, 1.54) is 0 Å². The molecule has 0 bridgehead atoms. The van der Waals surface area contributed by atoms with E-state index in [4.69, 9.17) is 4.74 Å². The Morgan fingerprint density at radius 2 is 2.21 bits per heavy atom. The van der Waals surface area contributed by atoms with Crippen LogP contribution in [0.4, 0.5) is 5.69 Å². The van der Waals surface area contributed by atoms with Gasteiger partial charge in [-0.2, -0.15) is 0 Å². The molecule has 1 aromatic heterocycles. The van der Waals surface area contributed by atoms with Crippen LogP contribution in [0.3, 0.4) is 0 Å². The minimum atomic E-state index is 0.236. The van der Waals surface area contributed by atoms with Crippen LogP contribution in [0, 0.1) is 0 Å². The lowest BCUT2D eigenvalue weighted by atomic mass is 10.2. The highest BCUT2D eigenvalue weighted by Gasteiger charge is 2.04. The first-order chi connectivity index (χ1) is 9.20. The van der Waals surface area contributed by atoms with Gasteiger partial charge in [0.1, 0.15) is 5.75 Å². The molecule has 1 aromatic carbocycles. The van der Waals surface area contributed by atoms with Gasteiger partial charge in [0.05, 0.1) is 16.8 Å². The Morgan fingerprint density at radius 3 is 2.95 bits per heavy atom. The van der Waals surface area contributed by atoms with Crippen LogP contribution in [0.25, 0.3) is 0 Å². The van der Waals surface area contributed by atoms with Crippen LogP contribution in [-0.2, 0) is 6.54 Å². The number of phenols is 1. The fraction of sp³-hybridized carbons (Fsp3) is 0.214. The van der Waals surface area contributed by atoms with Gasteiger partial charge in [-0.05, 0) is 52.7 Å². The summed E-state index contributed by atoms with van der Waals surface area (Å²) < 4.78 is 6.13. The molecule has 100 valence electrons. The van der Waals surface area contributed by atoms with Crippen molar-refractivity contribution < 1.29 is 9.84 Å². The van der Waals surface area contributed by atoms with Gasteiger partial charge in [0.15, 0.2) is 0 Å². The van der Waals surface area contributed by atoms with Gasteiger partial charge in [0.25, 0.3) is 0 Å². The molecule has 0 saturated carbocycles. The average Bonchev–Trinajstić information content (AvgIpc) is 2.42. The number of aromatic hydroxyl groups is 1. The van der Waals surface area contributed by atoms with Gasteiger partial charge in [-0.1, -0.05) is 6.07 Å². The van der Waals surface area contributed by atoms with Crippen LogP contribution in [0.1, 0.15) is 12.5 Å². The smallest absolute Gasteiger partial charge is 0.237 e. The Hall–Kier alpha value is -1.75. The highest BCUT2D eigenvalue weighted by Crippen LogP contribution is 2.26. The van der Waals surface area contributed by atoms with Crippen LogP contribution in [0.2, 0.25) is 0 Å². The van der Waals surface area contributed by atoms with E-state index in [1.807, 2.05) is 31.2 Å². The fourth-order valence-electron chi connectivity index (χ4n) is 1.63. The van der Waals surface area contributed by atoms with Crippen molar-refractivity contribution >= 4 is 21.6 Å². The van der Waals surface area contributed by atoms with Gasteiger partial charge in [-0.3, -0.25) is 0 Å². The summed E-state index contributed by atoms with van der Waals surface area (Å²) in [5.41, 5.74) is 1.91. The summed E-state index contributed by atoms with van der Waals surface area (Å²) in [6.07, 6.45) is 1.70. The number of nitrogens with zero attached hydrogens (tertiary/aromatic N) is 1. The number of aromatic nitrogens is 1. The molecule has 2 aromatic rings. The summed E-state index contributed by atoms with van der Waals surface area (Å²) in [7, 11) is 0. The molecule has 5 heteroatoms. The van der Waals surface area contributed by atoms with E-state index in [9.17, 15) is 5.11 Å². The number of benzene rings is 1. The number of anilines is 1. The minimum absolute atomic E-state index is 0.236. The third kappa shape index (κ3) is 3.61. The molecule has 0 aliphatic carbocycles. The number of hydrogen-bond acceptors (Lipinski definition) is 4. The fourth-order valence-corrected chi connectivity index (χ4v) is 2.06. The Kier molecular flexibility index (Phi) is 4.63. The van der Waals surface area contributed by atoms with Crippen LogP contribution in [0.15, 0.2) is 41.0 Å². The third-order valence-electron chi connectivity index (χ3n) is 2.55. The van der Waals surface area contributed by atoms with Gasteiger partial charge in [0, 0.05) is 12.7 Å². The van der Waals surface area contributed by atoms with E-state index < -0.39 is 0 Å². The normalized spacial score (nSPS) is 10.2. The molecule has 0 spiro atoms. The second-order valence-electron chi connectivity index (χ2n) is 3.93. The quantitative estimate of drug-likeness (QED) is 0.883. The van der Waals surface area contributed by atoms with Crippen molar-refractivity contribution in [2.45, 2.75) is 13.5 Å². The predicted molar refractivity (Wildman–Crippen MR) is 78.5 cm³/mol. The van der Waals surface area contributed by atoms with Crippen LogP contribution >= 0.6 is 15.9 Å². The van der Waals surface area contributed by atoms with Gasteiger partial charge in [0.2, 0.25) is 5.88 Å². The number of rotatable bonds is 5. The standard InChI is InChI=1S/C14H15BrN2O2/c1-2-19-14-12(4-3-7-16-14)17-9-10-5-6-13(18)11(15)8-10/h3-8,17-18H,2,9H2,1H3. The Morgan fingerprint density at radius 1 is 1.37 bits per heavy atom. The van der Waals surface area contributed by atoms with Crippen LogP contribution in [0.5, 0.6) is 11.6 Å². The van der Waals surface area contributed by atoms with E-state index in [1.54, 1.807) is 12.3 Å². The topological polar surface area (TPSA) is 54.4 Å². The van der Waals surface area contributed by atoms with Crippen molar-refractivity contribution in [3.8, 4) is 11.6 Å². The van der Waals surface area contributed by atoms with Gasteiger partial charge in [-0.15, -0.1) is 0 Å². The van der Waals surface area contributed by atoms with Crippen molar-refractivity contribution in [2.24, 2.45) is 0 Å². The molecule has 4 nitrogen and oxygen atoms in total. The number of pyridine rings is 1. The van der Waals surface area contributed by atoms with E-state index >= 15 is 0 Å². The van der Waals surface area contributed by atoms with E-state index in [-0.39, 0.29) is 5.75 Å². The van der Waals surface area contributed by atoms with E-state index in [2.05, 4.69) is 26.2 Å². The zero-order chi connectivity index (χ0) is 13.7. The van der Waals surface area contributed by atoms with Crippen LogP contribution in [-0.4, -0.2) is 16.7 Å². The number of ether oxygens (including phenoxy) is 1. The number of hydrogen-bond donors (Lipinski definition) is 2. The minimum Gasteiger partial charge on any atom is -0.507 e. The number of halogens is 1. The van der Waals surface area contributed by atoms with E-state index in [0.29, 0.717) is 23.5 Å². The molecule has 0 aliphatic rings. The average molecular weight is 323 g/mol. The number of phenolic OH excluding ortho intramolecular Hbond substituents is 1. The number of nitrogens with one attached hydrogen (secondary N) is 1.